The zero-order chi connectivity index (χ0) is 24.1. The van der Waals surface area contributed by atoms with Gasteiger partial charge < -0.3 is 10.3 Å². The van der Waals surface area contributed by atoms with Crippen LogP contribution >= 0.6 is 0 Å². The van der Waals surface area contributed by atoms with Crippen LogP contribution in [0.15, 0.2) is 53.8 Å². The van der Waals surface area contributed by atoms with Crippen molar-refractivity contribution in [2.75, 3.05) is 13.6 Å². The van der Waals surface area contributed by atoms with E-state index in [1.54, 1.807) is 0 Å². The molecule has 2 N–H and O–H groups in total. The molecule has 2 fully saturated rings. The van der Waals surface area contributed by atoms with E-state index in [0.717, 1.165) is 31.7 Å². The number of aliphatic imine (C=N–C) groups is 1. The second kappa shape index (κ2) is 9.13. The summed E-state index contributed by atoms with van der Waals surface area (Å²) in [5.41, 5.74) is 11.9. The molecule has 5 nitrogen and oxygen atoms in total. The van der Waals surface area contributed by atoms with Crippen LogP contribution in [0.2, 0.25) is 0 Å². The fourth-order valence-corrected chi connectivity index (χ4v) is 6.68. The van der Waals surface area contributed by atoms with Crippen LogP contribution in [-0.4, -0.2) is 40.2 Å². The Hall–Kier alpha value is -3.02. The number of nitrogens with one attached hydrogen (secondary N) is 2. The van der Waals surface area contributed by atoms with Crippen molar-refractivity contribution in [2.45, 2.75) is 70.0 Å². The predicted octanol–water partition coefficient (Wildman–Crippen LogP) is 6.28. The van der Waals surface area contributed by atoms with E-state index in [-0.39, 0.29) is 0 Å². The van der Waals surface area contributed by atoms with Gasteiger partial charge in [0, 0.05) is 43.4 Å². The minimum Gasteiger partial charge on any atom is -0.342 e. The first-order valence-corrected chi connectivity index (χ1v) is 13.7. The molecule has 7 rings (SSSR count). The van der Waals surface area contributed by atoms with Gasteiger partial charge in [0.05, 0.1) is 11.9 Å². The van der Waals surface area contributed by atoms with Gasteiger partial charge in [0.1, 0.15) is 5.82 Å². The highest BCUT2D eigenvalue weighted by Crippen LogP contribution is 2.38. The molecule has 3 aromatic rings. The minimum atomic E-state index is 0.468. The highest BCUT2D eigenvalue weighted by Gasteiger charge is 2.25. The largest absolute Gasteiger partial charge is 0.342 e. The molecule has 0 amide bonds. The molecule has 0 bridgehead atoms. The number of allylic oxidation sites excluding steroid dienone is 1. The lowest BCUT2D eigenvalue weighted by atomic mass is 9.91. The van der Waals surface area contributed by atoms with Crippen LogP contribution in [0, 0.1) is 0 Å². The number of aromatic amines is 1. The highest BCUT2D eigenvalue weighted by molar-refractivity contribution is 6.01. The van der Waals surface area contributed by atoms with Gasteiger partial charge in [0.15, 0.2) is 0 Å². The molecule has 1 saturated carbocycles. The molecular formula is C31H35N5. The Kier molecular flexibility index (Phi) is 5.63. The molecule has 3 aliphatic heterocycles. The smallest absolute Gasteiger partial charge is 0.109 e. The van der Waals surface area contributed by atoms with Crippen LogP contribution in [-0.2, 0) is 13.1 Å². The molecule has 1 aromatic heterocycles. The van der Waals surface area contributed by atoms with Crippen LogP contribution in [0.25, 0.3) is 28.0 Å². The topological polar surface area (TPSA) is 56.3 Å². The summed E-state index contributed by atoms with van der Waals surface area (Å²) in [5, 5.41) is 3.60. The van der Waals surface area contributed by atoms with Gasteiger partial charge in [0.2, 0.25) is 0 Å². The van der Waals surface area contributed by atoms with Gasteiger partial charge in [-0.15, -0.1) is 0 Å². The fourth-order valence-electron chi connectivity index (χ4n) is 6.68. The predicted molar refractivity (Wildman–Crippen MR) is 147 cm³/mol. The van der Waals surface area contributed by atoms with Crippen molar-refractivity contribution in [1.29, 1.82) is 0 Å². The number of fused-ring (bicyclic) bond motifs is 3. The van der Waals surface area contributed by atoms with Crippen LogP contribution in [0.1, 0.15) is 73.4 Å². The van der Waals surface area contributed by atoms with Crippen LogP contribution in [0.5, 0.6) is 0 Å². The van der Waals surface area contributed by atoms with E-state index in [2.05, 4.69) is 64.8 Å². The number of rotatable bonds is 4. The second-order valence-corrected chi connectivity index (χ2v) is 11.2. The Balaban J connectivity index is 1.17. The van der Waals surface area contributed by atoms with Crippen molar-refractivity contribution in [3.63, 3.8) is 0 Å². The van der Waals surface area contributed by atoms with Crippen LogP contribution in [0.4, 0.5) is 0 Å². The number of hydrogen-bond acceptors (Lipinski definition) is 4. The van der Waals surface area contributed by atoms with E-state index in [1.807, 2.05) is 6.20 Å². The van der Waals surface area contributed by atoms with Gasteiger partial charge >= 0.3 is 0 Å². The molecule has 0 unspecified atom stereocenters. The van der Waals surface area contributed by atoms with Crippen molar-refractivity contribution in [1.82, 2.24) is 20.2 Å². The summed E-state index contributed by atoms with van der Waals surface area (Å²) in [5.74, 6) is 1.78. The van der Waals surface area contributed by atoms with Gasteiger partial charge in [-0.1, -0.05) is 37.1 Å². The molecule has 2 aromatic carbocycles. The van der Waals surface area contributed by atoms with Crippen molar-refractivity contribution in [3.05, 3.63) is 71.3 Å². The minimum absolute atomic E-state index is 0.468. The van der Waals surface area contributed by atoms with E-state index in [4.69, 9.17) is 9.98 Å². The Morgan fingerprint density at radius 2 is 1.64 bits per heavy atom. The molecule has 4 heterocycles. The standard InChI is InChI=1S/C31H35N5/c1-36-18-24-13-21(23-15-29(33-16-23)28-7-4-12-32-28)8-10-26(24)27-11-9-22(14-25(27)19-36)30-17-34-31(35-30)20-5-2-3-6-20/h8-11,13-14,16-17,20,28,32H,2-7,12,15,18-19H2,1H3,(H,34,35)/t28-/m0/s1. The second-order valence-electron chi connectivity index (χ2n) is 11.2. The van der Waals surface area contributed by atoms with Crippen molar-refractivity contribution >= 4 is 11.3 Å². The molecule has 5 heteroatoms. The summed E-state index contributed by atoms with van der Waals surface area (Å²) in [4.78, 5) is 15.6. The number of H-pyrrole nitrogens is 1. The van der Waals surface area contributed by atoms with E-state index in [1.165, 1.54) is 89.0 Å². The summed E-state index contributed by atoms with van der Waals surface area (Å²) in [6.07, 6.45) is 12.8. The van der Waals surface area contributed by atoms with Crippen LogP contribution in [0.3, 0.4) is 0 Å². The fraction of sp³-hybridized carbons (Fsp3) is 0.419. The zero-order valence-corrected chi connectivity index (χ0v) is 21.2. The average molecular weight is 478 g/mol. The first-order chi connectivity index (χ1) is 17.7. The van der Waals surface area contributed by atoms with E-state index in [0.29, 0.717) is 12.0 Å². The number of benzene rings is 2. The number of aromatic nitrogens is 2. The third-order valence-electron chi connectivity index (χ3n) is 8.62. The maximum atomic E-state index is 4.80. The maximum absolute atomic E-state index is 4.80. The Morgan fingerprint density at radius 3 is 2.39 bits per heavy atom. The summed E-state index contributed by atoms with van der Waals surface area (Å²) < 4.78 is 0. The normalized spacial score (nSPS) is 22.3. The maximum Gasteiger partial charge on any atom is 0.109 e. The number of hydrogen-bond donors (Lipinski definition) is 2. The monoisotopic (exact) mass is 477 g/mol. The summed E-state index contributed by atoms with van der Waals surface area (Å²) in [6, 6.07) is 14.5. The SMILES string of the molecule is CN1Cc2cc(C3=CN=C([C@@H]4CCCN4)C3)ccc2-c2ccc(-c3cnc(C4CCCC4)[nH]3)cc2C1. The third-order valence-corrected chi connectivity index (χ3v) is 8.62. The Labute approximate surface area is 213 Å². The van der Waals surface area contributed by atoms with Gasteiger partial charge in [-0.3, -0.25) is 9.89 Å². The summed E-state index contributed by atoms with van der Waals surface area (Å²) >= 11 is 0. The molecular weight excluding hydrogens is 442 g/mol. The molecule has 1 saturated heterocycles. The van der Waals surface area contributed by atoms with E-state index >= 15 is 0 Å². The average Bonchev–Trinajstić information content (AvgIpc) is 3.69. The molecule has 184 valence electrons. The Morgan fingerprint density at radius 1 is 0.889 bits per heavy atom. The molecule has 1 aliphatic carbocycles. The molecule has 36 heavy (non-hydrogen) atoms. The highest BCUT2D eigenvalue weighted by atomic mass is 15.1. The lowest BCUT2D eigenvalue weighted by Gasteiger charge is -2.15. The molecule has 0 spiro atoms. The molecule has 0 radical (unpaired) electrons. The lowest BCUT2D eigenvalue weighted by Crippen LogP contribution is -2.29. The van der Waals surface area contributed by atoms with Gasteiger partial charge in [-0.25, -0.2) is 4.98 Å². The van der Waals surface area contributed by atoms with Gasteiger partial charge in [0.25, 0.3) is 0 Å². The van der Waals surface area contributed by atoms with Crippen molar-refractivity contribution < 1.29 is 0 Å². The van der Waals surface area contributed by atoms with Crippen LogP contribution < -0.4 is 5.32 Å². The molecule has 4 aliphatic rings. The number of nitrogens with zero attached hydrogens (tertiary/aromatic N) is 3. The number of imidazole rings is 1. The quantitative estimate of drug-likeness (QED) is 0.465. The first-order valence-electron chi connectivity index (χ1n) is 13.7. The van der Waals surface area contributed by atoms with Gasteiger partial charge in [-0.05, 0) is 90.4 Å². The summed E-state index contributed by atoms with van der Waals surface area (Å²) in [6.45, 7) is 3.02. The third kappa shape index (κ3) is 4.04. The zero-order valence-electron chi connectivity index (χ0n) is 21.2. The first kappa shape index (κ1) is 22.2. The Bertz CT molecular complexity index is 1350. The van der Waals surface area contributed by atoms with Crippen molar-refractivity contribution in [2.24, 2.45) is 4.99 Å². The summed E-state index contributed by atoms with van der Waals surface area (Å²) in [7, 11) is 2.23. The van der Waals surface area contributed by atoms with Crippen molar-refractivity contribution in [3.8, 4) is 22.4 Å². The molecule has 1 atom stereocenters. The van der Waals surface area contributed by atoms with E-state index in [9.17, 15) is 0 Å². The lowest BCUT2D eigenvalue weighted by molar-refractivity contribution is 0.323. The van der Waals surface area contributed by atoms with Gasteiger partial charge in [-0.2, -0.15) is 0 Å². The van der Waals surface area contributed by atoms with E-state index < -0.39 is 0 Å².